The highest BCUT2D eigenvalue weighted by molar-refractivity contribution is 6.51. The van der Waals surface area contributed by atoms with E-state index in [0.29, 0.717) is 6.61 Å². The van der Waals surface area contributed by atoms with Gasteiger partial charge in [0.1, 0.15) is 0 Å². The van der Waals surface area contributed by atoms with Gasteiger partial charge in [0, 0.05) is 13.2 Å². The number of ether oxygens (including phenoxy) is 1. The number of rotatable bonds is 3. The zero-order chi connectivity index (χ0) is 10.6. The van der Waals surface area contributed by atoms with E-state index in [4.69, 9.17) is 14.0 Å². The van der Waals surface area contributed by atoms with Crippen molar-refractivity contribution in [2.75, 3.05) is 13.7 Å². The second-order valence-corrected chi connectivity index (χ2v) is 4.28. The molecule has 1 unspecified atom stereocenters. The van der Waals surface area contributed by atoms with Crippen LogP contribution >= 0.6 is 0 Å². The first-order valence-electron chi connectivity index (χ1n) is 5.02. The molecular weight excluding hydrogens is 179 g/mol. The average Bonchev–Trinajstić information content (AvgIpc) is 2.00. The van der Waals surface area contributed by atoms with Crippen molar-refractivity contribution in [3.05, 3.63) is 12.1 Å². The Hall–Kier alpha value is -0.315. The van der Waals surface area contributed by atoms with Gasteiger partial charge in [-0.2, -0.15) is 0 Å². The van der Waals surface area contributed by atoms with E-state index in [1.165, 1.54) is 0 Å². The van der Waals surface area contributed by atoms with Crippen molar-refractivity contribution in [2.45, 2.75) is 38.9 Å². The predicted octanol–water partition coefficient (Wildman–Crippen LogP) is 1.82. The van der Waals surface area contributed by atoms with Gasteiger partial charge < -0.3 is 14.0 Å². The van der Waals surface area contributed by atoms with Crippen LogP contribution in [0.4, 0.5) is 0 Å². The van der Waals surface area contributed by atoms with Crippen LogP contribution in [0, 0.1) is 0 Å². The van der Waals surface area contributed by atoms with Crippen molar-refractivity contribution in [3.63, 3.8) is 0 Å². The van der Waals surface area contributed by atoms with E-state index >= 15 is 0 Å². The van der Waals surface area contributed by atoms with E-state index < -0.39 is 0 Å². The molecule has 0 N–H and O–H groups in total. The van der Waals surface area contributed by atoms with Crippen LogP contribution in [0.1, 0.15) is 27.2 Å². The predicted molar refractivity (Wildman–Crippen MR) is 57.1 cm³/mol. The molecule has 0 amide bonds. The van der Waals surface area contributed by atoms with Crippen LogP contribution in [0.15, 0.2) is 12.1 Å². The van der Waals surface area contributed by atoms with Gasteiger partial charge in [-0.1, -0.05) is 12.1 Å². The van der Waals surface area contributed by atoms with Crippen LogP contribution in [0.25, 0.3) is 0 Å². The first-order valence-corrected chi connectivity index (χ1v) is 5.02. The number of methoxy groups -OCH3 is 1. The first-order chi connectivity index (χ1) is 6.53. The van der Waals surface area contributed by atoms with Gasteiger partial charge in [-0.05, 0) is 27.2 Å². The molecule has 0 spiro atoms. The molecule has 1 atom stereocenters. The Morgan fingerprint density at radius 2 is 2.29 bits per heavy atom. The lowest BCUT2D eigenvalue weighted by Gasteiger charge is -2.37. The summed E-state index contributed by atoms with van der Waals surface area (Å²) in [4.78, 5) is 0. The van der Waals surface area contributed by atoms with Crippen molar-refractivity contribution in [1.82, 2.24) is 0 Å². The van der Waals surface area contributed by atoms with E-state index in [9.17, 15) is 0 Å². The summed E-state index contributed by atoms with van der Waals surface area (Å²) in [6.45, 7) is 6.84. The molecule has 1 fully saturated rings. The SMILES string of the molecule is COC/C=C/B1OC(C)CC(C)(C)O1. The lowest BCUT2D eigenvalue weighted by atomic mass is 9.82. The minimum Gasteiger partial charge on any atom is -0.405 e. The van der Waals surface area contributed by atoms with Gasteiger partial charge in [-0.15, -0.1) is 0 Å². The molecule has 1 saturated heterocycles. The van der Waals surface area contributed by atoms with Crippen LogP contribution in [0.3, 0.4) is 0 Å². The highest BCUT2D eigenvalue weighted by Gasteiger charge is 2.35. The van der Waals surface area contributed by atoms with Crippen molar-refractivity contribution >= 4 is 7.12 Å². The van der Waals surface area contributed by atoms with Gasteiger partial charge in [0.2, 0.25) is 0 Å². The van der Waals surface area contributed by atoms with Crippen molar-refractivity contribution in [3.8, 4) is 0 Å². The zero-order valence-electron chi connectivity index (χ0n) is 9.45. The summed E-state index contributed by atoms with van der Waals surface area (Å²) in [5.41, 5.74) is -0.0975. The Morgan fingerprint density at radius 3 is 2.86 bits per heavy atom. The fourth-order valence-electron chi connectivity index (χ4n) is 1.71. The Labute approximate surface area is 86.6 Å². The van der Waals surface area contributed by atoms with Gasteiger partial charge in [-0.25, -0.2) is 0 Å². The highest BCUT2D eigenvalue weighted by atomic mass is 16.6. The maximum absolute atomic E-state index is 5.73. The molecule has 0 aromatic rings. The van der Waals surface area contributed by atoms with Crippen LogP contribution in [-0.4, -0.2) is 32.5 Å². The van der Waals surface area contributed by atoms with Crippen LogP contribution in [-0.2, 0) is 14.0 Å². The minimum atomic E-state index is -0.233. The molecule has 1 rings (SSSR count). The van der Waals surface area contributed by atoms with Crippen LogP contribution in [0.2, 0.25) is 0 Å². The summed E-state index contributed by atoms with van der Waals surface area (Å²) >= 11 is 0. The first kappa shape index (κ1) is 11.8. The van der Waals surface area contributed by atoms with E-state index in [-0.39, 0.29) is 18.8 Å². The Morgan fingerprint density at radius 1 is 1.57 bits per heavy atom. The molecule has 0 aliphatic carbocycles. The van der Waals surface area contributed by atoms with Crippen LogP contribution < -0.4 is 0 Å². The highest BCUT2D eigenvalue weighted by Crippen LogP contribution is 2.25. The molecule has 0 radical (unpaired) electrons. The number of hydrogen-bond acceptors (Lipinski definition) is 3. The molecule has 1 heterocycles. The van der Waals surface area contributed by atoms with Crippen molar-refractivity contribution < 1.29 is 14.0 Å². The molecule has 80 valence electrons. The second-order valence-electron chi connectivity index (χ2n) is 4.28. The van der Waals surface area contributed by atoms with E-state index in [1.807, 2.05) is 12.1 Å². The van der Waals surface area contributed by atoms with Gasteiger partial charge >= 0.3 is 7.12 Å². The third-order valence-electron chi connectivity index (χ3n) is 2.14. The standard InChI is InChI=1S/C10H19BO3/c1-9-8-10(2,3)14-11(13-9)6-5-7-12-4/h5-6,9H,7-8H2,1-4H3/b6-5+. The maximum Gasteiger partial charge on any atom is 0.486 e. The monoisotopic (exact) mass is 198 g/mol. The molecule has 0 saturated carbocycles. The second kappa shape index (κ2) is 4.96. The third-order valence-corrected chi connectivity index (χ3v) is 2.14. The van der Waals surface area contributed by atoms with Gasteiger partial charge in [0.15, 0.2) is 0 Å². The van der Waals surface area contributed by atoms with Gasteiger partial charge in [-0.3, -0.25) is 0 Å². The quantitative estimate of drug-likeness (QED) is 0.647. The van der Waals surface area contributed by atoms with Crippen LogP contribution in [0.5, 0.6) is 0 Å². The topological polar surface area (TPSA) is 27.7 Å². The number of hydrogen-bond donors (Lipinski definition) is 0. The average molecular weight is 198 g/mol. The normalized spacial score (nSPS) is 27.1. The molecule has 0 aromatic carbocycles. The lowest BCUT2D eigenvalue weighted by Crippen LogP contribution is -2.45. The lowest BCUT2D eigenvalue weighted by molar-refractivity contribution is -0.0237. The van der Waals surface area contributed by atoms with Crippen molar-refractivity contribution in [1.29, 1.82) is 0 Å². The van der Waals surface area contributed by atoms with E-state index in [2.05, 4.69) is 20.8 Å². The van der Waals surface area contributed by atoms with Crippen molar-refractivity contribution in [2.24, 2.45) is 0 Å². The van der Waals surface area contributed by atoms with Gasteiger partial charge in [0.05, 0.1) is 12.2 Å². The summed E-state index contributed by atoms with van der Waals surface area (Å²) in [7, 11) is 1.43. The van der Waals surface area contributed by atoms with E-state index in [1.54, 1.807) is 7.11 Å². The molecule has 1 aliphatic rings. The fourth-order valence-corrected chi connectivity index (χ4v) is 1.71. The minimum absolute atomic E-state index is 0.0975. The molecule has 0 aromatic heterocycles. The Kier molecular flexibility index (Phi) is 4.17. The molecular formula is C10H19BO3. The molecule has 3 nitrogen and oxygen atoms in total. The molecule has 4 heteroatoms. The summed E-state index contributed by atoms with van der Waals surface area (Å²) < 4.78 is 16.2. The smallest absolute Gasteiger partial charge is 0.405 e. The molecule has 0 bridgehead atoms. The van der Waals surface area contributed by atoms with Gasteiger partial charge in [0.25, 0.3) is 0 Å². The Bertz CT molecular complexity index is 204. The summed E-state index contributed by atoms with van der Waals surface area (Å²) in [5, 5.41) is 0. The molecule has 14 heavy (non-hydrogen) atoms. The van der Waals surface area contributed by atoms with E-state index in [0.717, 1.165) is 6.42 Å². The largest absolute Gasteiger partial charge is 0.486 e. The maximum atomic E-state index is 5.73. The summed E-state index contributed by atoms with van der Waals surface area (Å²) in [5.74, 6) is 1.90. The molecule has 1 aliphatic heterocycles. The third kappa shape index (κ3) is 3.82. The fraction of sp³-hybridized carbons (Fsp3) is 0.800. The summed E-state index contributed by atoms with van der Waals surface area (Å²) in [6, 6.07) is 0. The zero-order valence-corrected chi connectivity index (χ0v) is 9.45. The Balaban J connectivity index is 2.45. The summed E-state index contributed by atoms with van der Waals surface area (Å²) in [6.07, 6.45) is 3.09.